The lowest BCUT2D eigenvalue weighted by molar-refractivity contribution is 0.333. The molecular formula is C8H10BO4. The lowest BCUT2D eigenvalue weighted by atomic mass is 9.88. The van der Waals surface area contributed by atoms with Crippen molar-refractivity contribution in [1.29, 1.82) is 0 Å². The van der Waals surface area contributed by atoms with Gasteiger partial charge in [0.25, 0.3) is 0 Å². The first kappa shape index (κ1) is 9.73. The quantitative estimate of drug-likeness (QED) is 0.625. The van der Waals surface area contributed by atoms with E-state index in [0.29, 0.717) is 11.2 Å². The molecule has 69 valence electrons. The van der Waals surface area contributed by atoms with Crippen LogP contribution in [0.25, 0.3) is 0 Å². The molecular weight excluding hydrogens is 171 g/mol. The van der Waals surface area contributed by atoms with Crippen molar-refractivity contribution < 1.29 is 19.6 Å². The minimum absolute atomic E-state index is 0.0675. The first-order valence-electron chi connectivity index (χ1n) is 3.65. The highest BCUT2D eigenvalue weighted by molar-refractivity contribution is 6.45. The minimum Gasteiger partial charge on any atom is -0.504 e. The summed E-state index contributed by atoms with van der Waals surface area (Å²) in [5, 5.41) is 18.1. The summed E-state index contributed by atoms with van der Waals surface area (Å²) in [5.74, 6) is 0.568. The van der Waals surface area contributed by atoms with Gasteiger partial charge in [0, 0.05) is 0 Å². The van der Waals surface area contributed by atoms with E-state index >= 15 is 0 Å². The minimum atomic E-state index is -0.0675. The van der Waals surface area contributed by atoms with Crippen LogP contribution in [0.1, 0.15) is 0 Å². The predicted octanol–water partition coefficient (Wildman–Crippen LogP) is -0.354. The maximum Gasteiger partial charge on any atom is 0.327 e. The average molecular weight is 181 g/mol. The van der Waals surface area contributed by atoms with Gasteiger partial charge < -0.3 is 19.6 Å². The molecule has 0 aromatic heterocycles. The van der Waals surface area contributed by atoms with Crippen molar-refractivity contribution >= 4 is 12.9 Å². The van der Waals surface area contributed by atoms with Gasteiger partial charge in [0.2, 0.25) is 5.75 Å². The Morgan fingerprint density at radius 2 is 1.92 bits per heavy atom. The molecule has 4 nitrogen and oxygen atoms in total. The molecule has 0 heterocycles. The predicted molar refractivity (Wildman–Crippen MR) is 48.8 cm³/mol. The van der Waals surface area contributed by atoms with Gasteiger partial charge in [-0.25, -0.2) is 0 Å². The van der Waals surface area contributed by atoms with Crippen molar-refractivity contribution in [2.75, 3.05) is 14.2 Å². The van der Waals surface area contributed by atoms with Crippen LogP contribution >= 0.6 is 0 Å². The van der Waals surface area contributed by atoms with E-state index in [1.165, 1.54) is 20.3 Å². The summed E-state index contributed by atoms with van der Waals surface area (Å²) >= 11 is 0. The number of hydrogen-bond acceptors (Lipinski definition) is 4. The van der Waals surface area contributed by atoms with Crippen LogP contribution in [-0.4, -0.2) is 31.8 Å². The van der Waals surface area contributed by atoms with Crippen LogP contribution in [0.3, 0.4) is 0 Å². The molecule has 0 atom stereocenters. The number of benzene rings is 1. The molecule has 2 N–H and O–H groups in total. The Morgan fingerprint density at radius 3 is 2.38 bits per heavy atom. The summed E-state index contributed by atoms with van der Waals surface area (Å²) in [6.45, 7) is 0. The van der Waals surface area contributed by atoms with Gasteiger partial charge in [-0.1, -0.05) is 0 Å². The van der Waals surface area contributed by atoms with Gasteiger partial charge in [0.1, 0.15) is 0 Å². The largest absolute Gasteiger partial charge is 0.504 e. The fraction of sp³-hybridized carbons (Fsp3) is 0.250. The molecule has 0 aliphatic heterocycles. The first-order valence-corrected chi connectivity index (χ1v) is 3.65. The van der Waals surface area contributed by atoms with Crippen molar-refractivity contribution in [3.05, 3.63) is 12.1 Å². The van der Waals surface area contributed by atoms with Gasteiger partial charge in [-0.3, -0.25) is 0 Å². The summed E-state index contributed by atoms with van der Waals surface area (Å²) in [6, 6.07) is 2.93. The highest BCUT2D eigenvalue weighted by Crippen LogP contribution is 2.34. The normalized spacial score (nSPS) is 9.46. The highest BCUT2D eigenvalue weighted by Gasteiger charge is 2.11. The second kappa shape index (κ2) is 4.05. The molecule has 0 fully saturated rings. The number of hydrogen-bond donors (Lipinski definition) is 2. The molecule has 0 aliphatic rings. The van der Waals surface area contributed by atoms with E-state index in [-0.39, 0.29) is 11.5 Å². The van der Waals surface area contributed by atoms with E-state index in [4.69, 9.17) is 14.5 Å². The lowest BCUT2D eigenvalue weighted by Crippen LogP contribution is -2.13. The summed E-state index contributed by atoms with van der Waals surface area (Å²) in [4.78, 5) is 0. The van der Waals surface area contributed by atoms with Crippen LogP contribution in [0.15, 0.2) is 12.1 Å². The molecule has 0 spiro atoms. The number of ether oxygens (including phenoxy) is 2. The van der Waals surface area contributed by atoms with Crippen LogP contribution in [-0.2, 0) is 0 Å². The Balaban J connectivity index is 3.20. The lowest BCUT2D eigenvalue weighted by Gasteiger charge is -2.10. The van der Waals surface area contributed by atoms with Gasteiger partial charge in [0.05, 0.1) is 14.2 Å². The molecule has 1 aromatic rings. The van der Waals surface area contributed by atoms with Gasteiger partial charge in [0.15, 0.2) is 11.5 Å². The zero-order chi connectivity index (χ0) is 9.84. The number of aromatic hydroxyl groups is 1. The zero-order valence-corrected chi connectivity index (χ0v) is 7.44. The van der Waals surface area contributed by atoms with Crippen molar-refractivity contribution in [3.63, 3.8) is 0 Å². The third-order valence-electron chi connectivity index (χ3n) is 1.63. The fourth-order valence-electron chi connectivity index (χ4n) is 1.04. The highest BCUT2D eigenvalue weighted by atomic mass is 16.5. The van der Waals surface area contributed by atoms with Crippen molar-refractivity contribution in [1.82, 2.24) is 0 Å². The SMILES string of the molecule is COc1cc([B]O)cc(O)c1OC. The molecule has 1 radical (unpaired) electrons. The van der Waals surface area contributed by atoms with Gasteiger partial charge in [-0.15, -0.1) is 0 Å². The molecule has 1 aromatic carbocycles. The smallest absolute Gasteiger partial charge is 0.327 e. The third kappa shape index (κ3) is 1.87. The summed E-state index contributed by atoms with van der Waals surface area (Å²) < 4.78 is 9.84. The fourth-order valence-corrected chi connectivity index (χ4v) is 1.04. The molecule has 0 bridgehead atoms. The van der Waals surface area contributed by atoms with Crippen molar-refractivity contribution in [3.8, 4) is 17.2 Å². The Bertz CT molecular complexity index is 300. The number of methoxy groups -OCH3 is 2. The maximum absolute atomic E-state index is 9.40. The van der Waals surface area contributed by atoms with Crippen molar-refractivity contribution in [2.45, 2.75) is 0 Å². The Labute approximate surface area is 77.0 Å². The van der Waals surface area contributed by atoms with E-state index in [1.54, 1.807) is 6.07 Å². The summed E-state index contributed by atoms with van der Waals surface area (Å²) in [5.41, 5.74) is 0.454. The van der Waals surface area contributed by atoms with Gasteiger partial charge >= 0.3 is 7.48 Å². The molecule has 0 saturated carbocycles. The van der Waals surface area contributed by atoms with E-state index in [9.17, 15) is 5.11 Å². The summed E-state index contributed by atoms with van der Waals surface area (Å²) in [6.07, 6.45) is 0. The van der Waals surface area contributed by atoms with Crippen LogP contribution in [0.4, 0.5) is 0 Å². The molecule has 0 aliphatic carbocycles. The topological polar surface area (TPSA) is 58.9 Å². The van der Waals surface area contributed by atoms with E-state index in [2.05, 4.69) is 0 Å². The molecule has 0 amide bonds. The van der Waals surface area contributed by atoms with Gasteiger partial charge in [-0.2, -0.15) is 0 Å². The number of rotatable bonds is 3. The molecule has 0 saturated heterocycles. The Kier molecular flexibility index (Phi) is 3.03. The molecule has 13 heavy (non-hydrogen) atoms. The van der Waals surface area contributed by atoms with E-state index in [0.717, 1.165) is 7.48 Å². The molecule has 5 heteroatoms. The van der Waals surface area contributed by atoms with Crippen LogP contribution < -0.4 is 14.9 Å². The number of phenolic OH excluding ortho intramolecular Hbond substituents is 1. The third-order valence-corrected chi connectivity index (χ3v) is 1.63. The average Bonchev–Trinajstić information content (AvgIpc) is 2.16. The standard InChI is InChI=1S/C8H10BO4/c1-12-7-4-5(9-11)3-6(10)8(7)13-2/h3-4,10-11H,1-2H3. The molecule has 1 rings (SSSR count). The summed E-state index contributed by atoms with van der Waals surface area (Å²) in [7, 11) is 3.76. The zero-order valence-electron chi connectivity index (χ0n) is 7.44. The van der Waals surface area contributed by atoms with Crippen LogP contribution in [0.5, 0.6) is 17.2 Å². The van der Waals surface area contributed by atoms with Crippen molar-refractivity contribution in [2.24, 2.45) is 0 Å². The second-order valence-electron chi connectivity index (χ2n) is 2.40. The van der Waals surface area contributed by atoms with Crippen LogP contribution in [0.2, 0.25) is 0 Å². The van der Waals surface area contributed by atoms with Gasteiger partial charge in [-0.05, 0) is 17.6 Å². The van der Waals surface area contributed by atoms with Crippen LogP contribution in [0, 0.1) is 0 Å². The first-order chi connectivity index (χ1) is 6.22. The Hall–Kier alpha value is -1.36. The van der Waals surface area contributed by atoms with E-state index in [1.807, 2.05) is 0 Å². The molecule has 0 unspecified atom stereocenters. The Morgan fingerprint density at radius 1 is 1.23 bits per heavy atom. The maximum atomic E-state index is 9.40. The second-order valence-corrected chi connectivity index (χ2v) is 2.40. The number of phenols is 1. The monoisotopic (exact) mass is 181 g/mol. The van der Waals surface area contributed by atoms with E-state index < -0.39 is 0 Å².